The molecule has 0 aliphatic heterocycles. The molecular formula is C11H18N2OS. The quantitative estimate of drug-likeness (QED) is 0.790. The molecule has 0 amide bonds. The number of pyridine rings is 1. The Balaban J connectivity index is 2.23. The number of rotatable bonds is 6. The molecule has 1 aromatic rings. The van der Waals surface area contributed by atoms with Gasteiger partial charge in [0.25, 0.3) is 0 Å². The predicted octanol–water partition coefficient (Wildman–Crippen LogP) is 1.11. The number of hydrogen-bond donors (Lipinski definition) is 1. The van der Waals surface area contributed by atoms with E-state index in [-0.39, 0.29) is 6.04 Å². The first-order valence-electron chi connectivity index (χ1n) is 5.18. The zero-order chi connectivity index (χ0) is 11.1. The van der Waals surface area contributed by atoms with Gasteiger partial charge in [0.15, 0.2) is 0 Å². The van der Waals surface area contributed by atoms with Crippen molar-refractivity contribution in [2.45, 2.75) is 25.8 Å². The fraction of sp³-hybridized carbons (Fsp3) is 0.545. The van der Waals surface area contributed by atoms with Crippen molar-refractivity contribution in [3.63, 3.8) is 0 Å². The van der Waals surface area contributed by atoms with Crippen molar-refractivity contribution in [3.05, 3.63) is 30.1 Å². The standard InChI is InChI=1S/C11H18N2OS/c1-10(12)4-7-15(14)8-5-11-3-2-6-13-9-11/h2-3,6,9-10H,4-5,7-8,12H2,1H3. The third-order valence-electron chi connectivity index (χ3n) is 2.14. The fourth-order valence-electron chi connectivity index (χ4n) is 1.20. The molecule has 3 nitrogen and oxygen atoms in total. The smallest absolute Gasteiger partial charge is 0.0300 e. The maximum absolute atomic E-state index is 11.6. The van der Waals surface area contributed by atoms with Gasteiger partial charge in [0, 0.05) is 40.7 Å². The highest BCUT2D eigenvalue weighted by molar-refractivity contribution is 7.84. The molecule has 0 spiro atoms. The van der Waals surface area contributed by atoms with Crippen molar-refractivity contribution in [1.82, 2.24) is 4.98 Å². The second-order valence-corrected chi connectivity index (χ2v) is 5.42. The fourth-order valence-corrected chi connectivity index (χ4v) is 2.50. The number of aromatic nitrogens is 1. The zero-order valence-corrected chi connectivity index (χ0v) is 9.87. The number of nitrogens with two attached hydrogens (primary N) is 1. The average Bonchev–Trinajstić information content (AvgIpc) is 2.25. The van der Waals surface area contributed by atoms with Crippen LogP contribution in [0.25, 0.3) is 0 Å². The molecule has 1 heterocycles. The number of aryl methyl sites for hydroxylation is 1. The third-order valence-corrected chi connectivity index (χ3v) is 3.49. The Hall–Kier alpha value is -0.740. The minimum absolute atomic E-state index is 0.146. The van der Waals surface area contributed by atoms with E-state index >= 15 is 0 Å². The van der Waals surface area contributed by atoms with Crippen molar-refractivity contribution >= 4 is 10.8 Å². The van der Waals surface area contributed by atoms with E-state index in [2.05, 4.69) is 4.98 Å². The molecule has 15 heavy (non-hydrogen) atoms. The first-order chi connectivity index (χ1) is 7.18. The summed E-state index contributed by atoms with van der Waals surface area (Å²) in [7, 11) is -0.749. The predicted molar refractivity (Wildman–Crippen MR) is 64.1 cm³/mol. The van der Waals surface area contributed by atoms with Gasteiger partial charge in [-0.1, -0.05) is 6.07 Å². The normalized spacial score (nSPS) is 14.8. The largest absolute Gasteiger partial charge is 0.328 e. The lowest BCUT2D eigenvalue weighted by molar-refractivity contribution is 0.667. The van der Waals surface area contributed by atoms with E-state index in [9.17, 15) is 4.21 Å². The summed E-state index contributed by atoms with van der Waals surface area (Å²) >= 11 is 0. The maximum atomic E-state index is 11.6. The van der Waals surface area contributed by atoms with E-state index < -0.39 is 10.8 Å². The topological polar surface area (TPSA) is 56.0 Å². The summed E-state index contributed by atoms with van der Waals surface area (Å²) in [5.41, 5.74) is 6.75. The van der Waals surface area contributed by atoms with Crippen LogP contribution in [0.2, 0.25) is 0 Å². The summed E-state index contributed by atoms with van der Waals surface area (Å²) < 4.78 is 11.6. The van der Waals surface area contributed by atoms with Gasteiger partial charge in [-0.3, -0.25) is 9.19 Å². The highest BCUT2D eigenvalue weighted by Gasteiger charge is 2.02. The van der Waals surface area contributed by atoms with Gasteiger partial charge in [0.1, 0.15) is 0 Å². The lowest BCUT2D eigenvalue weighted by Crippen LogP contribution is -2.19. The van der Waals surface area contributed by atoms with E-state index in [0.717, 1.165) is 18.4 Å². The van der Waals surface area contributed by atoms with Crippen molar-refractivity contribution in [3.8, 4) is 0 Å². The van der Waals surface area contributed by atoms with Crippen LogP contribution in [0, 0.1) is 0 Å². The van der Waals surface area contributed by atoms with Gasteiger partial charge in [0.2, 0.25) is 0 Å². The van der Waals surface area contributed by atoms with Gasteiger partial charge < -0.3 is 5.73 Å². The van der Waals surface area contributed by atoms with E-state index in [4.69, 9.17) is 5.73 Å². The SMILES string of the molecule is CC(N)CCS(=O)CCc1cccnc1. The molecule has 0 aromatic carbocycles. The van der Waals surface area contributed by atoms with Crippen molar-refractivity contribution < 1.29 is 4.21 Å². The molecule has 2 unspecified atom stereocenters. The van der Waals surface area contributed by atoms with Gasteiger partial charge in [-0.15, -0.1) is 0 Å². The zero-order valence-electron chi connectivity index (χ0n) is 9.06. The van der Waals surface area contributed by atoms with Gasteiger partial charge >= 0.3 is 0 Å². The number of nitrogens with zero attached hydrogens (tertiary/aromatic N) is 1. The van der Waals surface area contributed by atoms with Crippen LogP contribution >= 0.6 is 0 Å². The molecule has 1 rings (SSSR count). The van der Waals surface area contributed by atoms with Crippen LogP contribution in [0.1, 0.15) is 18.9 Å². The second kappa shape index (κ2) is 6.69. The Kier molecular flexibility index (Phi) is 5.50. The number of hydrogen-bond acceptors (Lipinski definition) is 3. The summed E-state index contributed by atoms with van der Waals surface area (Å²) in [6.45, 7) is 1.94. The summed E-state index contributed by atoms with van der Waals surface area (Å²) in [5, 5.41) is 0. The molecule has 0 bridgehead atoms. The first-order valence-corrected chi connectivity index (χ1v) is 6.66. The molecule has 2 atom stereocenters. The van der Waals surface area contributed by atoms with Crippen LogP contribution in [0.4, 0.5) is 0 Å². The van der Waals surface area contributed by atoms with Crippen molar-refractivity contribution in [2.75, 3.05) is 11.5 Å². The molecule has 1 aromatic heterocycles. The third kappa shape index (κ3) is 5.64. The highest BCUT2D eigenvalue weighted by Crippen LogP contribution is 2.00. The monoisotopic (exact) mass is 226 g/mol. The van der Waals surface area contributed by atoms with Gasteiger partial charge in [0.05, 0.1) is 0 Å². The summed E-state index contributed by atoms with van der Waals surface area (Å²) in [6.07, 6.45) is 5.23. The molecule has 0 aliphatic rings. The summed E-state index contributed by atoms with van der Waals surface area (Å²) in [5.74, 6) is 1.41. The van der Waals surface area contributed by atoms with Crippen molar-refractivity contribution in [1.29, 1.82) is 0 Å². The van der Waals surface area contributed by atoms with Crippen LogP contribution in [-0.4, -0.2) is 26.7 Å². The Bertz CT molecular complexity index is 301. The Morgan fingerprint density at radius 2 is 2.33 bits per heavy atom. The van der Waals surface area contributed by atoms with Crippen LogP contribution in [-0.2, 0) is 17.2 Å². The maximum Gasteiger partial charge on any atom is 0.0300 e. The second-order valence-electron chi connectivity index (χ2n) is 3.73. The highest BCUT2D eigenvalue weighted by atomic mass is 32.2. The molecule has 0 radical (unpaired) electrons. The summed E-state index contributed by atoms with van der Waals surface area (Å²) in [6, 6.07) is 4.06. The van der Waals surface area contributed by atoms with Gasteiger partial charge in [-0.2, -0.15) is 0 Å². The van der Waals surface area contributed by atoms with Gasteiger partial charge in [-0.25, -0.2) is 0 Å². The first kappa shape index (κ1) is 12.3. The van der Waals surface area contributed by atoms with E-state index in [1.165, 1.54) is 0 Å². The minimum atomic E-state index is -0.749. The van der Waals surface area contributed by atoms with E-state index in [1.54, 1.807) is 6.20 Å². The molecule has 4 heteroatoms. The Morgan fingerprint density at radius 3 is 2.93 bits per heavy atom. The average molecular weight is 226 g/mol. The van der Waals surface area contributed by atoms with Crippen LogP contribution in [0.15, 0.2) is 24.5 Å². The molecule has 0 fully saturated rings. The molecule has 0 saturated carbocycles. The molecule has 2 N–H and O–H groups in total. The van der Waals surface area contributed by atoms with Crippen LogP contribution in [0.5, 0.6) is 0 Å². The lowest BCUT2D eigenvalue weighted by Gasteiger charge is -2.04. The lowest BCUT2D eigenvalue weighted by atomic mass is 10.2. The Labute approximate surface area is 93.6 Å². The van der Waals surface area contributed by atoms with Crippen molar-refractivity contribution in [2.24, 2.45) is 5.73 Å². The molecule has 0 saturated heterocycles. The van der Waals surface area contributed by atoms with Gasteiger partial charge in [-0.05, 0) is 31.4 Å². The molecule has 0 aliphatic carbocycles. The van der Waals surface area contributed by atoms with Crippen LogP contribution in [0.3, 0.4) is 0 Å². The Morgan fingerprint density at radius 1 is 1.53 bits per heavy atom. The summed E-state index contributed by atoms with van der Waals surface area (Å²) in [4.78, 5) is 4.02. The molecule has 84 valence electrons. The van der Waals surface area contributed by atoms with E-state index in [1.807, 2.05) is 25.3 Å². The van der Waals surface area contributed by atoms with E-state index in [0.29, 0.717) is 11.5 Å². The minimum Gasteiger partial charge on any atom is -0.328 e. The molecular weight excluding hydrogens is 208 g/mol. The van der Waals surface area contributed by atoms with Crippen LogP contribution < -0.4 is 5.73 Å².